The molecule has 0 spiro atoms. The van der Waals surface area contributed by atoms with Gasteiger partial charge in [0.15, 0.2) is 0 Å². The first-order valence-corrected chi connectivity index (χ1v) is 14.0. The monoisotopic (exact) mass is 462 g/mol. The third-order valence-corrected chi connectivity index (χ3v) is 7.94. The molecule has 0 aliphatic rings. The Morgan fingerprint density at radius 1 is 0.680 bits per heavy atom. The van der Waals surface area contributed by atoms with Crippen molar-refractivity contribution in [1.82, 2.24) is 0 Å². The van der Waals surface area contributed by atoms with Gasteiger partial charge in [-0.1, -0.05) is 0 Å². The molecule has 0 aromatic carbocycles. The molecule has 0 nitrogen and oxygen atoms in total. The average molecular weight is 460 g/mol. The first kappa shape index (κ1) is 25.1. The van der Waals surface area contributed by atoms with Crippen molar-refractivity contribution in [1.29, 1.82) is 0 Å². The van der Waals surface area contributed by atoms with E-state index in [-0.39, 0.29) is 20.9 Å². The Morgan fingerprint density at radius 2 is 1.24 bits per heavy atom. The fourth-order valence-corrected chi connectivity index (χ4v) is 6.02. The Kier molecular flexibility index (Phi) is 22.2. The standard InChI is InChI=1S/C24H44Te/c1-4-7-10-12-14-15-16-18-20-22-24(25-23-9-6-3)21-19-17-13-11-8-5-2/h22H,4-17,19,21,23H2,1-3H3/b24-22-. The summed E-state index contributed by atoms with van der Waals surface area (Å²) in [6.07, 6.45) is 24.2. The van der Waals surface area contributed by atoms with Crippen LogP contribution < -0.4 is 0 Å². The zero-order valence-electron chi connectivity index (χ0n) is 17.5. The van der Waals surface area contributed by atoms with Gasteiger partial charge in [0, 0.05) is 0 Å². The topological polar surface area (TPSA) is 0 Å². The van der Waals surface area contributed by atoms with Crippen LogP contribution >= 0.6 is 0 Å². The zero-order valence-corrected chi connectivity index (χ0v) is 19.8. The molecule has 0 aromatic rings. The van der Waals surface area contributed by atoms with Crippen LogP contribution in [0.25, 0.3) is 0 Å². The summed E-state index contributed by atoms with van der Waals surface area (Å²) in [5, 5.41) is 0. The van der Waals surface area contributed by atoms with Crippen LogP contribution in [0.2, 0.25) is 4.47 Å². The minimum atomic E-state index is 0.0585. The summed E-state index contributed by atoms with van der Waals surface area (Å²) < 4.78 is 3.22. The van der Waals surface area contributed by atoms with Gasteiger partial charge in [-0.05, 0) is 0 Å². The van der Waals surface area contributed by atoms with Crippen LogP contribution in [0.15, 0.2) is 9.70 Å². The van der Waals surface area contributed by atoms with Gasteiger partial charge in [0.25, 0.3) is 0 Å². The molecule has 0 radical (unpaired) electrons. The molecule has 0 heterocycles. The van der Waals surface area contributed by atoms with Crippen molar-refractivity contribution in [3.8, 4) is 11.8 Å². The van der Waals surface area contributed by atoms with Crippen molar-refractivity contribution in [2.24, 2.45) is 0 Å². The van der Waals surface area contributed by atoms with Gasteiger partial charge < -0.3 is 0 Å². The van der Waals surface area contributed by atoms with E-state index in [0.717, 1.165) is 6.42 Å². The van der Waals surface area contributed by atoms with E-state index in [4.69, 9.17) is 0 Å². The molecule has 0 atom stereocenters. The van der Waals surface area contributed by atoms with Gasteiger partial charge in [0.2, 0.25) is 0 Å². The summed E-state index contributed by atoms with van der Waals surface area (Å²) in [7, 11) is 0. The molecule has 1 heteroatoms. The summed E-state index contributed by atoms with van der Waals surface area (Å²) in [6, 6.07) is 0. The predicted octanol–water partition coefficient (Wildman–Crippen LogP) is 8.30. The molecule has 0 rings (SSSR count). The third kappa shape index (κ3) is 20.3. The second kappa shape index (κ2) is 22.1. The van der Waals surface area contributed by atoms with Crippen LogP contribution in [-0.4, -0.2) is 20.9 Å². The summed E-state index contributed by atoms with van der Waals surface area (Å²) in [5.41, 5.74) is 0. The molecule has 0 bridgehead atoms. The Morgan fingerprint density at radius 3 is 1.88 bits per heavy atom. The van der Waals surface area contributed by atoms with E-state index in [1.807, 2.05) is 0 Å². The van der Waals surface area contributed by atoms with E-state index >= 15 is 0 Å². The Balaban J connectivity index is 3.97. The first-order valence-electron chi connectivity index (χ1n) is 11.1. The second-order valence-corrected chi connectivity index (χ2v) is 10.7. The number of rotatable bonds is 17. The van der Waals surface area contributed by atoms with Gasteiger partial charge in [-0.15, -0.1) is 0 Å². The molecule has 0 amide bonds. The van der Waals surface area contributed by atoms with Crippen molar-refractivity contribution < 1.29 is 0 Å². The number of hydrogen-bond acceptors (Lipinski definition) is 0. The van der Waals surface area contributed by atoms with Crippen molar-refractivity contribution in [2.45, 2.75) is 128 Å². The van der Waals surface area contributed by atoms with Crippen molar-refractivity contribution in [3.63, 3.8) is 0 Å². The molecule has 0 N–H and O–H groups in total. The molecular weight excluding hydrogens is 416 g/mol. The van der Waals surface area contributed by atoms with Crippen LogP contribution in [0.4, 0.5) is 0 Å². The number of unbranched alkanes of at least 4 members (excludes halogenated alkanes) is 12. The summed E-state index contributed by atoms with van der Waals surface area (Å²) in [5.74, 6) is 6.81. The fourth-order valence-electron chi connectivity index (χ4n) is 2.81. The normalized spacial score (nSPS) is 11.4. The Labute approximate surface area is 170 Å². The van der Waals surface area contributed by atoms with Crippen molar-refractivity contribution >= 4 is 20.9 Å². The van der Waals surface area contributed by atoms with Crippen LogP contribution in [-0.2, 0) is 0 Å². The number of allylic oxidation sites excluding steroid dienone is 2. The van der Waals surface area contributed by atoms with Crippen LogP contribution in [0.3, 0.4) is 0 Å². The molecule has 0 aliphatic carbocycles. The van der Waals surface area contributed by atoms with E-state index in [0.29, 0.717) is 0 Å². The fraction of sp³-hybridized carbons (Fsp3) is 0.833. The minimum absolute atomic E-state index is 0.0585. The quantitative estimate of drug-likeness (QED) is 0.116. The molecule has 0 fully saturated rings. The third-order valence-electron chi connectivity index (χ3n) is 4.55. The van der Waals surface area contributed by atoms with E-state index in [1.165, 1.54) is 101 Å². The van der Waals surface area contributed by atoms with E-state index < -0.39 is 0 Å². The van der Waals surface area contributed by atoms with Gasteiger partial charge in [-0.2, -0.15) is 0 Å². The van der Waals surface area contributed by atoms with Crippen LogP contribution in [0.5, 0.6) is 0 Å². The maximum absolute atomic E-state index is 3.41. The van der Waals surface area contributed by atoms with E-state index in [1.54, 1.807) is 3.62 Å². The van der Waals surface area contributed by atoms with Gasteiger partial charge >= 0.3 is 170 Å². The molecule has 0 aliphatic heterocycles. The van der Waals surface area contributed by atoms with Crippen molar-refractivity contribution in [2.75, 3.05) is 0 Å². The SMILES string of the molecule is CCCCCCCCC#C/C=C(/CCCCCCCC)[Te]CCCC. The number of hydrogen-bond donors (Lipinski definition) is 0. The Bertz CT molecular complexity index is 345. The zero-order chi connectivity index (χ0) is 18.4. The summed E-state index contributed by atoms with van der Waals surface area (Å²) in [4.78, 5) is 0. The molecular formula is C24H44Te. The molecule has 0 aromatic heterocycles. The van der Waals surface area contributed by atoms with Gasteiger partial charge in [-0.3, -0.25) is 0 Å². The van der Waals surface area contributed by atoms with E-state index in [9.17, 15) is 0 Å². The predicted molar refractivity (Wildman–Crippen MR) is 117 cm³/mol. The molecule has 146 valence electrons. The molecule has 25 heavy (non-hydrogen) atoms. The van der Waals surface area contributed by atoms with Gasteiger partial charge in [0.1, 0.15) is 0 Å². The molecule has 0 unspecified atom stereocenters. The maximum atomic E-state index is 3.41. The molecule has 0 saturated heterocycles. The average Bonchev–Trinajstić information content (AvgIpc) is 2.62. The summed E-state index contributed by atoms with van der Waals surface area (Å²) >= 11 is 0.0585. The molecule has 0 saturated carbocycles. The van der Waals surface area contributed by atoms with Crippen molar-refractivity contribution in [3.05, 3.63) is 9.70 Å². The first-order chi connectivity index (χ1) is 12.3. The Hall–Kier alpha value is 0.0896. The van der Waals surface area contributed by atoms with Crippen LogP contribution in [0.1, 0.15) is 124 Å². The second-order valence-electron chi connectivity index (χ2n) is 7.17. The van der Waals surface area contributed by atoms with Gasteiger partial charge in [0.05, 0.1) is 0 Å². The summed E-state index contributed by atoms with van der Waals surface area (Å²) in [6.45, 7) is 6.89. The van der Waals surface area contributed by atoms with Crippen LogP contribution in [0, 0.1) is 11.8 Å². The van der Waals surface area contributed by atoms with Gasteiger partial charge in [-0.25, -0.2) is 0 Å². The van der Waals surface area contributed by atoms with E-state index in [2.05, 4.69) is 38.7 Å².